The molecule has 0 radical (unpaired) electrons. The molecule has 2 atom stereocenters. The molecule has 7 nitrogen and oxygen atoms in total. The lowest BCUT2D eigenvalue weighted by molar-refractivity contribution is -0.146. The Morgan fingerprint density at radius 2 is 1.64 bits per heavy atom. The summed E-state index contributed by atoms with van der Waals surface area (Å²) in [4.78, 5) is 41.6. The van der Waals surface area contributed by atoms with Crippen molar-refractivity contribution in [1.29, 1.82) is 0 Å². The number of para-hydroxylation sites is 1. The maximum atomic E-state index is 13.8. The van der Waals surface area contributed by atoms with Gasteiger partial charge in [-0.15, -0.1) is 0 Å². The number of hydrogen-bond acceptors (Lipinski definition) is 4. The number of benzene rings is 2. The van der Waals surface area contributed by atoms with Crippen molar-refractivity contribution in [3.05, 3.63) is 71.8 Å². The molecule has 0 fully saturated rings. The molecule has 0 saturated carbocycles. The molecule has 36 heavy (non-hydrogen) atoms. The number of alkyl carbamates (subject to hydrolysis) is 1. The van der Waals surface area contributed by atoms with Gasteiger partial charge in [-0.25, -0.2) is 4.79 Å². The van der Waals surface area contributed by atoms with Gasteiger partial charge in [0.25, 0.3) is 5.91 Å². The van der Waals surface area contributed by atoms with E-state index in [1.54, 1.807) is 33.8 Å². The Morgan fingerprint density at radius 1 is 1.00 bits per heavy atom. The van der Waals surface area contributed by atoms with Crippen LogP contribution < -0.4 is 10.6 Å². The van der Waals surface area contributed by atoms with Gasteiger partial charge in [0.05, 0.1) is 0 Å². The molecule has 3 amide bonds. The van der Waals surface area contributed by atoms with Gasteiger partial charge in [0.15, 0.2) is 0 Å². The summed E-state index contributed by atoms with van der Waals surface area (Å²) in [5, 5.41) is 5.61. The minimum absolute atomic E-state index is 0.363. The summed E-state index contributed by atoms with van der Waals surface area (Å²) < 4.78 is 5.33. The predicted molar refractivity (Wildman–Crippen MR) is 145 cm³/mol. The first kappa shape index (κ1) is 28.6. The van der Waals surface area contributed by atoms with Crippen LogP contribution in [0.2, 0.25) is 0 Å². The molecule has 2 unspecified atom stereocenters. The van der Waals surface area contributed by atoms with Crippen LogP contribution in [-0.4, -0.2) is 40.0 Å². The van der Waals surface area contributed by atoms with Gasteiger partial charge in [-0.05, 0) is 84.2 Å². The smallest absolute Gasteiger partial charge is 0.408 e. The molecule has 0 saturated heterocycles. The summed E-state index contributed by atoms with van der Waals surface area (Å²) in [7, 11) is 0. The maximum absolute atomic E-state index is 13.8. The van der Waals surface area contributed by atoms with E-state index in [0.29, 0.717) is 11.3 Å². The maximum Gasteiger partial charge on any atom is 0.408 e. The molecule has 2 rings (SSSR count). The van der Waals surface area contributed by atoms with Crippen molar-refractivity contribution >= 4 is 29.7 Å². The van der Waals surface area contributed by atoms with Gasteiger partial charge in [-0.1, -0.05) is 49.1 Å². The number of rotatable bonds is 7. The van der Waals surface area contributed by atoms with Gasteiger partial charge in [-0.2, -0.15) is 0 Å². The molecule has 0 aliphatic rings. The number of ether oxygens (including phenoxy) is 1. The Bertz CT molecular complexity index is 1110. The highest BCUT2D eigenvalue weighted by Crippen LogP contribution is 2.32. The standard InChI is InChI=1S/C29H39N3O4/c1-10-21-15-13-16-22(18-21)24(25(33)31-23-17-12-11-14-19(23)2)32(28(4,5)6)26(34)20(3)30-27(35)36-29(7,8)9/h10-18,20,24H,1H2,2-9H3,(H,30,35)(H,31,33). The van der Waals surface area contributed by atoms with E-state index in [1.165, 1.54) is 4.90 Å². The Kier molecular flexibility index (Phi) is 9.08. The monoisotopic (exact) mass is 493 g/mol. The van der Waals surface area contributed by atoms with Gasteiger partial charge in [0.1, 0.15) is 17.7 Å². The van der Waals surface area contributed by atoms with E-state index in [0.717, 1.165) is 11.1 Å². The first-order valence-corrected chi connectivity index (χ1v) is 12.1. The lowest BCUT2D eigenvalue weighted by atomic mass is 9.94. The number of hydrogen-bond donors (Lipinski definition) is 2. The zero-order chi connectivity index (χ0) is 27.3. The highest BCUT2D eigenvalue weighted by atomic mass is 16.6. The van der Waals surface area contributed by atoms with Gasteiger partial charge < -0.3 is 20.3 Å². The van der Waals surface area contributed by atoms with E-state index in [2.05, 4.69) is 17.2 Å². The van der Waals surface area contributed by atoms with Crippen LogP contribution in [0.3, 0.4) is 0 Å². The molecule has 2 aromatic rings. The molecular formula is C29H39N3O4. The molecule has 0 aromatic heterocycles. The second kappa shape index (κ2) is 11.4. The summed E-state index contributed by atoms with van der Waals surface area (Å²) in [5.74, 6) is -0.777. The lowest BCUT2D eigenvalue weighted by Crippen LogP contribution is -2.57. The van der Waals surface area contributed by atoms with Crippen molar-refractivity contribution in [1.82, 2.24) is 10.2 Å². The Labute approximate surface area is 214 Å². The van der Waals surface area contributed by atoms with Crippen LogP contribution in [-0.2, 0) is 14.3 Å². The van der Waals surface area contributed by atoms with Gasteiger partial charge in [-0.3, -0.25) is 9.59 Å². The largest absolute Gasteiger partial charge is 0.444 e. The number of amides is 3. The van der Waals surface area contributed by atoms with Crippen molar-refractivity contribution in [2.24, 2.45) is 0 Å². The molecule has 0 aliphatic heterocycles. The minimum atomic E-state index is -0.972. The van der Waals surface area contributed by atoms with Crippen LogP contribution in [0, 0.1) is 6.92 Å². The number of nitrogens with one attached hydrogen (secondary N) is 2. The molecule has 0 heterocycles. The third-order valence-electron chi connectivity index (χ3n) is 5.44. The Balaban J connectivity index is 2.53. The average molecular weight is 494 g/mol. The molecule has 7 heteroatoms. The second-order valence-electron chi connectivity index (χ2n) is 10.8. The molecule has 2 N–H and O–H groups in total. The van der Waals surface area contributed by atoms with Gasteiger partial charge in [0.2, 0.25) is 5.91 Å². The third kappa shape index (κ3) is 7.70. The molecule has 2 aromatic carbocycles. The van der Waals surface area contributed by atoms with E-state index in [-0.39, 0.29) is 5.91 Å². The summed E-state index contributed by atoms with van der Waals surface area (Å²) in [6, 6.07) is 12.9. The normalized spacial score (nSPS) is 13.2. The zero-order valence-corrected chi connectivity index (χ0v) is 22.6. The fourth-order valence-electron chi connectivity index (χ4n) is 3.79. The first-order valence-electron chi connectivity index (χ1n) is 12.1. The summed E-state index contributed by atoms with van der Waals surface area (Å²) in [6.45, 7) is 18.1. The lowest BCUT2D eigenvalue weighted by Gasteiger charge is -2.42. The Morgan fingerprint density at radius 3 is 2.19 bits per heavy atom. The summed E-state index contributed by atoms with van der Waals surface area (Å²) >= 11 is 0. The number of aryl methyl sites for hydroxylation is 1. The van der Waals surface area contributed by atoms with Crippen molar-refractivity contribution in [3.63, 3.8) is 0 Å². The predicted octanol–water partition coefficient (Wildman–Crippen LogP) is 5.86. The third-order valence-corrected chi connectivity index (χ3v) is 5.44. The van der Waals surface area contributed by atoms with Crippen molar-refractivity contribution < 1.29 is 19.1 Å². The van der Waals surface area contributed by atoms with Crippen LogP contribution in [0.1, 0.15) is 71.2 Å². The van der Waals surface area contributed by atoms with Gasteiger partial charge in [0, 0.05) is 11.2 Å². The number of anilines is 1. The SMILES string of the molecule is C=Cc1cccc(C(C(=O)Nc2ccccc2C)N(C(=O)C(C)NC(=O)OC(C)(C)C)C(C)(C)C)c1. The van der Waals surface area contributed by atoms with E-state index < -0.39 is 35.2 Å². The van der Waals surface area contributed by atoms with E-state index in [1.807, 2.05) is 76.2 Å². The van der Waals surface area contributed by atoms with Crippen LogP contribution >= 0.6 is 0 Å². The zero-order valence-electron chi connectivity index (χ0n) is 22.6. The van der Waals surface area contributed by atoms with Crippen molar-refractivity contribution in [3.8, 4) is 0 Å². The topological polar surface area (TPSA) is 87.7 Å². The fraction of sp³-hybridized carbons (Fsp3) is 0.414. The molecule has 0 aliphatic carbocycles. The van der Waals surface area contributed by atoms with Crippen LogP contribution in [0.15, 0.2) is 55.1 Å². The van der Waals surface area contributed by atoms with Gasteiger partial charge >= 0.3 is 6.09 Å². The van der Waals surface area contributed by atoms with Crippen LogP contribution in [0.25, 0.3) is 6.08 Å². The molecule has 0 bridgehead atoms. The highest BCUT2D eigenvalue weighted by molar-refractivity contribution is 5.99. The van der Waals surface area contributed by atoms with Crippen molar-refractivity contribution in [2.45, 2.75) is 78.6 Å². The fourth-order valence-corrected chi connectivity index (χ4v) is 3.79. The van der Waals surface area contributed by atoms with E-state index >= 15 is 0 Å². The summed E-state index contributed by atoms with van der Waals surface area (Å²) in [6.07, 6.45) is 0.988. The first-order chi connectivity index (χ1) is 16.6. The quantitative estimate of drug-likeness (QED) is 0.506. The average Bonchev–Trinajstić information content (AvgIpc) is 2.76. The number of carbonyl (C=O) groups excluding carboxylic acids is 3. The van der Waals surface area contributed by atoms with Crippen molar-refractivity contribution in [2.75, 3.05) is 5.32 Å². The number of nitrogens with zero attached hydrogens (tertiary/aromatic N) is 1. The minimum Gasteiger partial charge on any atom is -0.444 e. The summed E-state index contributed by atoms with van der Waals surface area (Å²) in [5.41, 5.74) is 1.54. The number of carbonyl (C=O) groups is 3. The Hall–Kier alpha value is -3.61. The molecular weight excluding hydrogens is 454 g/mol. The highest BCUT2D eigenvalue weighted by Gasteiger charge is 2.41. The molecule has 0 spiro atoms. The van der Waals surface area contributed by atoms with Crippen LogP contribution in [0.4, 0.5) is 10.5 Å². The van der Waals surface area contributed by atoms with E-state index in [9.17, 15) is 14.4 Å². The molecule has 194 valence electrons. The van der Waals surface area contributed by atoms with E-state index in [4.69, 9.17) is 4.74 Å². The van der Waals surface area contributed by atoms with Crippen LogP contribution in [0.5, 0.6) is 0 Å². The second-order valence-corrected chi connectivity index (χ2v) is 10.8.